The van der Waals surface area contributed by atoms with Crippen molar-refractivity contribution in [2.75, 3.05) is 19.0 Å². The first-order valence-corrected chi connectivity index (χ1v) is 6.35. The minimum absolute atomic E-state index is 0.301. The molecule has 1 aliphatic heterocycles. The average Bonchev–Trinajstić information content (AvgIpc) is 2.38. The highest BCUT2D eigenvalue weighted by Gasteiger charge is 2.34. The van der Waals surface area contributed by atoms with Gasteiger partial charge in [-0.15, -0.1) is 0 Å². The molecule has 0 amide bonds. The first-order chi connectivity index (χ1) is 9.02. The Hall–Kier alpha value is -1.84. The topological polar surface area (TPSA) is 71.3 Å². The van der Waals surface area contributed by atoms with E-state index in [1.165, 1.54) is 0 Å². The second-order valence-corrected chi connectivity index (χ2v) is 5.09. The van der Waals surface area contributed by atoms with Gasteiger partial charge in [0, 0.05) is 19.8 Å². The predicted octanol–water partition coefficient (Wildman–Crippen LogP) is 0.730. The highest BCUT2D eigenvalue weighted by Crippen LogP contribution is 2.27. The Labute approximate surface area is 117 Å². The summed E-state index contributed by atoms with van der Waals surface area (Å²) in [5, 5.41) is 25.1. The number of hydrogen-bond donors (Lipinski definition) is 3. The number of nitriles is 1. The second kappa shape index (κ2) is 5.43. The van der Waals surface area contributed by atoms with E-state index in [0.717, 1.165) is 11.3 Å². The molecule has 1 fully saturated rings. The highest BCUT2D eigenvalue weighted by atomic mass is 32.1. The summed E-state index contributed by atoms with van der Waals surface area (Å²) >= 11 is 5.03. The minimum atomic E-state index is -0.947. The van der Waals surface area contributed by atoms with Crippen molar-refractivity contribution in [1.29, 1.82) is 5.26 Å². The Bertz CT molecular complexity index is 508. The van der Waals surface area contributed by atoms with Crippen LogP contribution in [0.1, 0.15) is 11.6 Å². The maximum Gasteiger partial charge on any atom is 0.168 e. The smallest absolute Gasteiger partial charge is 0.168 e. The molecule has 0 spiro atoms. The summed E-state index contributed by atoms with van der Waals surface area (Å²) in [6, 6.07) is 9.65. The third kappa shape index (κ3) is 2.78. The molecule has 3 N–H and O–H groups in total. The third-order valence-corrected chi connectivity index (χ3v) is 3.42. The molecule has 1 aliphatic rings. The Kier molecular flexibility index (Phi) is 3.88. The van der Waals surface area contributed by atoms with Gasteiger partial charge in [0.05, 0.1) is 12.1 Å². The third-order valence-electron chi connectivity index (χ3n) is 3.18. The van der Waals surface area contributed by atoms with E-state index in [-0.39, 0.29) is 6.04 Å². The van der Waals surface area contributed by atoms with Gasteiger partial charge in [0.1, 0.15) is 12.1 Å². The number of nitrogens with zero attached hydrogens (tertiary/aromatic N) is 2. The number of hydrogen-bond acceptors (Lipinski definition) is 4. The van der Waals surface area contributed by atoms with Gasteiger partial charge in [-0.3, -0.25) is 0 Å². The largest absolute Gasteiger partial charge is 0.378 e. The van der Waals surface area contributed by atoms with Gasteiger partial charge in [0.15, 0.2) is 5.11 Å². The Morgan fingerprint density at radius 1 is 1.26 bits per heavy atom. The summed E-state index contributed by atoms with van der Waals surface area (Å²) in [5.74, 6) is -0.586. The number of aliphatic hydroxyl groups is 1. The molecule has 19 heavy (non-hydrogen) atoms. The quantitative estimate of drug-likeness (QED) is 0.692. The first kappa shape index (κ1) is 13.6. The molecule has 100 valence electrons. The van der Waals surface area contributed by atoms with E-state index in [9.17, 15) is 10.4 Å². The van der Waals surface area contributed by atoms with Crippen molar-refractivity contribution < 1.29 is 5.11 Å². The number of nitrogens with one attached hydrogen (secondary N) is 2. The lowest BCUT2D eigenvalue weighted by Gasteiger charge is -2.34. The molecule has 2 rings (SSSR count). The van der Waals surface area contributed by atoms with Crippen LogP contribution in [0.15, 0.2) is 24.3 Å². The summed E-state index contributed by atoms with van der Waals surface area (Å²) < 4.78 is 0. The molecule has 0 unspecified atom stereocenters. The summed E-state index contributed by atoms with van der Waals surface area (Å²) in [5.41, 5.74) is 2.01. The van der Waals surface area contributed by atoms with Gasteiger partial charge in [-0.25, -0.2) is 0 Å². The van der Waals surface area contributed by atoms with Gasteiger partial charge in [0.25, 0.3) is 0 Å². The number of thiocarbonyl (C=S) groups is 1. The lowest BCUT2D eigenvalue weighted by molar-refractivity contribution is 0.0896. The molecular formula is C13H16N4OS. The molecule has 0 radical (unpaired) electrons. The standard InChI is InChI=1S/C13H16N4OS/c1-17(2)9-5-3-8(4-6-9)11-10(7-14)12(18)16-13(19)15-11/h3-6,10-12,18H,1-2H3,(H2,15,16,19)/t10-,11-,12+/m0/s1. The number of aliphatic hydroxyl groups excluding tert-OH is 1. The molecule has 0 aliphatic carbocycles. The number of anilines is 1. The van der Waals surface area contributed by atoms with Crippen LogP contribution < -0.4 is 15.5 Å². The van der Waals surface area contributed by atoms with Crippen LogP contribution in [0.2, 0.25) is 0 Å². The molecular weight excluding hydrogens is 260 g/mol. The Balaban J connectivity index is 2.28. The van der Waals surface area contributed by atoms with Crippen LogP contribution in [-0.2, 0) is 0 Å². The van der Waals surface area contributed by atoms with Crippen LogP contribution in [0.25, 0.3) is 0 Å². The van der Waals surface area contributed by atoms with Gasteiger partial charge < -0.3 is 20.6 Å². The average molecular weight is 276 g/mol. The van der Waals surface area contributed by atoms with E-state index >= 15 is 0 Å². The van der Waals surface area contributed by atoms with E-state index in [1.807, 2.05) is 43.3 Å². The van der Waals surface area contributed by atoms with E-state index in [4.69, 9.17) is 12.2 Å². The Morgan fingerprint density at radius 2 is 1.89 bits per heavy atom. The molecule has 0 bridgehead atoms. The zero-order chi connectivity index (χ0) is 14.0. The zero-order valence-corrected chi connectivity index (χ0v) is 11.6. The molecule has 5 nitrogen and oxygen atoms in total. The molecule has 0 aromatic heterocycles. The second-order valence-electron chi connectivity index (χ2n) is 4.68. The Morgan fingerprint density at radius 3 is 2.42 bits per heavy atom. The van der Waals surface area contributed by atoms with Crippen molar-refractivity contribution in [2.45, 2.75) is 12.3 Å². The number of rotatable bonds is 2. The SMILES string of the molecule is CN(C)c1ccc([C@@H]2NC(=S)N[C@H](O)[C@H]2C#N)cc1. The lowest BCUT2D eigenvalue weighted by atomic mass is 9.91. The van der Waals surface area contributed by atoms with Gasteiger partial charge in [-0.1, -0.05) is 12.1 Å². The van der Waals surface area contributed by atoms with Gasteiger partial charge in [-0.05, 0) is 29.9 Å². The van der Waals surface area contributed by atoms with E-state index in [1.54, 1.807) is 0 Å². The summed E-state index contributed by atoms with van der Waals surface area (Å²) in [7, 11) is 3.93. The molecule has 3 atom stereocenters. The fourth-order valence-electron chi connectivity index (χ4n) is 2.09. The van der Waals surface area contributed by atoms with Crippen molar-refractivity contribution in [3.63, 3.8) is 0 Å². The maximum atomic E-state index is 9.84. The molecule has 1 aromatic carbocycles. The van der Waals surface area contributed by atoms with E-state index < -0.39 is 12.1 Å². The van der Waals surface area contributed by atoms with Crippen molar-refractivity contribution >= 4 is 23.0 Å². The first-order valence-electron chi connectivity index (χ1n) is 5.95. The van der Waals surface area contributed by atoms with Crippen molar-refractivity contribution in [1.82, 2.24) is 10.6 Å². The maximum absolute atomic E-state index is 9.84. The molecule has 0 saturated carbocycles. The monoisotopic (exact) mass is 276 g/mol. The summed E-state index contributed by atoms with van der Waals surface area (Å²) in [6.45, 7) is 0. The highest BCUT2D eigenvalue weighted by molar-refractivity contribution is 7.80. The van der Waals surface area contributed by atoms with Crippen molar-refractivity contribution in [3.8, 4) is 6.07 Å². The van der Waals surface area contributed by atoms with Gasteiger partial charge >= 0.3 is 0 Å². The van der Waals surface area contributed by atoms with Crippen LogP contribution in [0.5, 0.6) is 0 Å². The van der Waals surface area contributed by atoms with Crippen LogP contribution in [0.4, 0.5) is 5.69 Å². The number of benzene rings is 1. The van der Waals surface area contributed by atoms with Gasteiger partial charge in [-0.2, -0.15) is 5.26 Å². The normalized spacial score (nSPS) is 26.0. The summed E-state index contributed by atoms with van der Waals surface area (Å²) in [6.07, 6.45) is -0.947. The van der Waals surface area contributed by atoms with E-state index in [0.29, 0.717) is 5.11 Å². The zero-order valence-electron chi connectivity index (χ0n) is 10.8. The van der Waals surface area contributed by atoms with Crippen LogP contribution in [0.3, 0.4) is 0 Å². The van der Waals surface area contributed by atoms with Crippen molar-refractivity contribution in [3.05, 3.63) is 29.8 Å². The predicted molar refractivity (Wildman–Crippen MR) is 77.5 cm³/mol. The van der Waals surface area contributed by atoms with Crippen LogP contribution in [0, 0.1) is 17.2 Å². The van der Waals surface area contributed by atoms with E-state index in [2.05, 4.69) is 16.7 Å². The molecule has 1 aromatic rings. The van der Waals surface area contributed by atoms with Gasteiger partial charge in [0.2, 0.25) is 0 Å². The fourth-order valence-corrected chi connectivity index (χ4v) is 2.34. The minimum Gasteiger partial charge on any atom is -0.378 e. The van der Waals surface area contributed by atoms with Crippen LogP contribution >= 0.6 is 12.2 Å². The van der Waals surface area contributed by atoms with Crippen molar-refractivity contribution in [2.24, 2.45) is 5.92 Å². The molecule has 1 heterocycles. The fraction of sp³-hybridized carbons (Fsp3) is 0.385. The lowest BCUT2D eigenvalue weighted by Crippen LogP contribution is -2.55. The summed E-state index contributed by atoms with van der Waals surface area (Å²) in [4.78, 5) is 2.00. The molecule has 6 heteroatoms. The van der Waals surface area contributed by atoms with Crippen LogP contribution in [-0.4, -0.2) is 30.5 Å². The molecule has 1 saturated heterocycles.